The SMILES string of the molecule is CCNCCCCCCN(C)C(CC)CSC. The van der Waals surface area contributed by atoms with Crippen LogP contribution in [0.1, 0.15) is 46.0 Å². The Morgan fingerprint density at radius 3 is 2.41 bits per heavy atom. The van der Waals surface area contributed by atoms with Gasteiger partial charge in [-0.1, -0.05) is 26.7 Å². The van der Waals surface area contributed by atoms with Crippen molar-refractivity contribution in [3.63, 3.8) is 0 Å². The molecule has 0 aromatic heterocycles. The third kappa shape index (κ3) is 9.93. The molecule has 0 saturated heterocycles. The van der Waals surface area contributed by atoms with E-state index in [0.29, 0.717) is 0 Å². The van der Waals surface area contributed by atoms with Crippen LogP contribution >= 0.6 is 11.8 Å². The first-order valence-corrected chi connectivity index (χ1v) is 8.55. The number of unbranched alkanes of at least 4 members (excludes halogenated alkanes) is 3. The van der Waals surface area contributed by atoms with Crippen LogP contribution in [0.3, 0.4) is 0 Å². The molecule has 0 aliphatic carbocycles. The average Bonchev–Trinajstić information content (AvgIpc) is 2.34. The van der Waals surface area contributed by atoms with Crippen LogP contribution in [0, 0.1) is 0 Å². The molecule has 0 radical (unpaired) electrons. The highest BCUT2D eigenvalue weighted by Gasteiger charge is 2.10. The lowest BCUT2D eigenvalue weighted by Crippen LogP contribution is -2.33. The summed E-state index contributed by atoms with van der Waals surface area (Å²) in [6.45, 7) is 8.03. The van der Waals surface area contributed by atoms with Gasteiger partial charge in [-0.05, 0) is 52.2 Å². The van der Waals surface area contributed by atoms with E-state index in [9.17, 15) is 0 Å². The van der Waals surface area contributed by atoms with E-state index in [4.69, 9.17) is 0 Å². The standard InChI is InChI=1S/C14H32N2S/c1-5-14(13-17-4)16(3)12-10-8-7-9-11-15-6-2/h14-15H,5-13H2,1-4H3. The van der Waals surface area contributed by atoms with Gasteiger partial charge in [-0.3, -0.25) is 0 Å². The first kappa shape index (κ1) is 17.3. The van der Waals surface area contributed by atoms with E-state index in [1.807, 2.05) is 11.8 Å². The van der Waals surface area contributed by atoms with E-state index in [1.165, 1.54) is 50.9 Å². The molecule has 104 valence electrons. The molecule has 1 atom stereocenters. The second kappa shape index (κ2) is 12.7. The van der Waals surface area contributed by atoms with Crippen LogP contribution in [0.2, 0.25) is 0 Å². The lowest BCUT2D eigenvalue weighted by atomic mass is 10.1. The molecule has 0 rings (SSSR count). The molecule has 0 saturated carbocycles. The third-order valence-electron chi connectivity index (χ3n) is 3.32. The predicted molar refractivity (Wildman–Crippen MR) is 82.1 cm³/mol. The summed E-state index contributed by atoms with van der Waals surface area (Å²) in [6.07, 6.45) is 8.92. The molecule has 0 bridgehead atoms. The van der Waals surface area contributed by atoms with Crippen LogP contribution in [0.25, 0.3) is 0 Å². The highest BCUT2D eigenvalue weighted by atomic mass is 32.2. The number of nitrogens with zero attached hydrogens (tertiary/aromatic N) is 1. The van der Waals surface area contributed by atoms with Crippen molar-refractivity contribution in [3.05, 3.63) is 0 Å². The smallest absolute Gasteiger partial charge is 0.0180 e. The van der Waals surface area contributed by atoms with E-state index in [-0.39, 0.29) is 0 Å². The first-order chi connectivity index (χ1) is 8.26. The van der Waals surface area contributed by atoms with E-state index in [0.717, 1.165) is 12.6 Å². The van der Waals surface area contributed by atoms with Crippen LogP contribution in [0.15, 0.2) is 0 Å². The van der Waals surface area contributed by atoms with Gasteiger partial charge >= 0.3 is 0 Å². The van der Waals surface area contributed by atoms with Crippen molar-refractivity contribution in [1.29, 1.82) is 0 Å². The van der Waals surface area contributed by atoms with Gasteiger partial charge in [0.15, 0.2) is 0 Å². The molecule has 0 spiro atoms. The van der Waals surface area contributed by atoms with Crippen molar-refractivity contribution in [1.82, 2.24) is 10.2 Å². The molecule has 2 nitrogen and oxygen atoms in total. The Hall–Kier alpha value is 0.270. The summed E-state index contributed by atoms with van der Waals surface area (Å²) in [5, 5.41) is 3.38. The molecule has 0 fully saturated rings. The van der Waals surface area contributed by atoms with Gasteiger partial charge in [-0.15, -0.1) is 0 Å². The molecule has 1 unspecified atom stereocenters. The van der Waals surface area contributed by atoms with E-state index < -0.39 is 0 Å². The van der Waals surface area contributed by atoms with Gasteiger partial charge in [-0.25, -0.2) is 0 Å². The molecule has 0 amide bonds. The minimum absolute atomic E-state index is 0.770. The Bertz CT molecular complexity index is 153. The topological polar surface area (TPSA) is 15.3 Å². The summed E-state index contributed by atoms with van der Waals surface area (Å²) in [6, 6.07) is 0.770. The Morgan fingerprint density at radius 1 is 1.12 bits per heavy atom. The van der Waals surface area contributed by atoms with Crippen LogP contribution in [0.5, 0.6) is 0 Å². The molecular formula is C14H32N2S. The first-order valence-electron chi connectivity index (χ1n) is 7.16. The maximum absolute atomic E-state index is 3.38. The zero-order valence-corrected chi connectivity index (χ0v) is 13.1. The van der Waals surface area contributed by atoms with Gasteiger partial charge in [0.2, 0.25) is 0 Å². The second-order valence-corrected chi connectivity index (χ2v) is 5.68. The normalized spacial score (nSPS) is 13.2. The summed E-state index contributed by atoms with van der Waals surface area (Å²) >= 11 is 1.97. The summed E-state index contributed by atoms with van der Waals surface area (Å²) in [5.41, 5.74) is 0. The van der Waals surface area contributed by atoms with Crippen molar-refractivity contribution in [2.45, 2.75) is 52.0 Å². The van der Waals surface area contributed by atoms with Crippen LogP contribution in [-0.2, 0) is 0 Å². The quantitative estimate of drug-likeness (QED) is 0.542. The summed E-state index contributed by atoms with van der Waals surface area (Å²) in [5.74, 6) is 1.27. The minimum atomic E-state index is 0.770. The molecule has 0 aliphatic heterocycles. The lowest BCUT2D eigenvalue weighted by molar-refractivity contribution is 0.250. The Labute approximate surface area is 113 Å². The Kier molecular flexibility index (Phi) is 12.9. The summed E-state index contributed by atoms with van der Waals surface area (Å²) < 4.78 is 0. The van der Waals surface area contributed by atoms with Gasteiger partial charge in [0.1, 0.15) is 0 Å². The Balaban J connectivity index is 3.39. The fraction of sp³-hybridized carbons (Fsp3) is 1.00. The third-order valence-corrected chi connectivity index (χ3v) is 4.04. The molecule has 0 aromatic carbocycles. The van der Waals surface area contributed by atoms with E-state index in [1.54, 1.807) is 0 Å². The Morgan fingerprint density at radius 2 is 1.82 bits per heavy atom. The maximum Gasteiger partial charge on any atom is 0.0180 e. The molecule has 0 aliphatic rings. The monoisotopic (exact) mass is 260 g/mol. The molecule has 3 heteroatoms. The van der Waals surface area contributed by atoms with Crippen LogP contribution < -0.4 is 5.32 Å². The number of nitrogens with one attached hydrogen (secondary N) is 1. The zero-order chi connectivity index (χ0) is 12.9. The number of rotatable bonds is 12. The maximum atomic E-state index is 3.38. The molecule has 0 heterocycles. The van der Waals surface area contributed by atoms with Crippen molar-refractivity contribution in [2.24, 2.45) is 0 Å². The largest absolute Gasteiger partial charge is 0.317 e. The number of hydrogen-bond acceptors (Lipinski definition) is 3. The predicted octanol–water partition coefficient (Wildman–Crippen LogP) is 3.23. The van der Waals surface area contributed by atoms with Crippen LogP contribution in [-0.4, -0.2) is 49.6 Å². The number of hydrogen-bond donors (Lipinski definition) is 1. The van der Waals surface area contributed by atoms with Gasteiger partial charge in [0, 0.05) is 11.8 Å². The minimum Gasteiger partial charge on any atom is -0.317 e. The van der Waals surface area contributed by atoms with E-state index in [2.05, 4.69) is 37.4 Å². The highest BCUT2D eigenvalue weighted by molar-refractivity contribution is 7.98. The molecule has 17 heavy (non-hydrogen) atoms. The van der Waals surface area contributed by atoms with Crippen molar-refractivity contribution in [2.75, 3.05) is 38.7 Å². The van der Waals surface area contributed by atoms with Gasteiger partial charge in [0.25, 0.3) is 0 Å². The fourth-order valence-electron chi connectivity index (χ4n) is 2.07. The average molecular weight is 260 g/mol. The molecule has 0 aromatic rings. The van der Waals surface area contributed by atoms with Crippen molar-refractivity contribution in [3.8, 4) is 0 Å². The fourth-order valence-corrected chi connectivity index (χ4v) is 2.95. The van der Waals surface area contributed by atoms with Crippen molar-refractivity contribution >= 4 is 11.8 Å². The lowest BCUT2D eigenvalue weighted by Gasteiger charge is -2.26. The summed E-state index contributed by atoms with van der Waals surface area (Å²) in [7, 11) is 2.28. The molecular weight excluding hydrogens is 228 g/mol. The van der Waals surface area contributed by atoms with Gasteiger partial charge in [-0.2, -0.15) is 11.8 Å². The number of thioether (sulfide) groups is 1. The van der Waals surface area contributed by atoms with Gasteiger partial charge in [0.05, 0.1) is 0 Å². The summed E-state index contributed by atoms with van der Waals surface area (Å²) in [4.78, 5) is 2.54. The highest BCUT2D eigenvalue weighted by Crippen LogP contribution is 2.10. The zero-order valence-electron chi connectivity index (χ0n) is 12.3. The van der Waals surface area contributed by atoms with Crippen molar-refractivity contribution < 1.29 is 0 Å². The van der Waals surface area contributed by atoms with E-state index >= 15 is 0 Å². The molecule has 1 N–H and O–H groups in total. The van der Waals surface area contributed by atoms with Gasteiger partial charge < -0.3 is 10.2 Å². The van der Waals surface area contributed by atoms with Crippen LogP contribution in [0.4, 0.5) is 0 Å². The second-order valence-electron chi connectivity index (χ2n) is 4.77.